The molecule has 1 N–H and O–H groups in total. The predicted molar refractivity (Wildman–Crippen MR) is 71.5 cm³/mol. The van der Waals surface area contributed by atoms with Crippen molar-refractivity contribution in [2.75, 3.05) is 25.4 Å². The van der Waals surface area contributed by atoms with Crippen molar-refractivity contribution in [1.82, 2.24) is 9.62 Å². The lowest BCUT2D eigenvalue weighted by atomic mass is 10.0. The summed E-state index contributed by atoms with van der Waals surface area (Å²) in [6, 6.07) is 0. The zero-order chi connectivity index (χ0) is 13.1. The van der Waals surface area contributed by atoms with E-state index in [4.69, 9.17) is 0 Å². The maximum atomic E-state index is 12.2. The molecule has 0 atom stereocenters. The lowest BCUT2D eigenvalue weighted by Crippen LogP contribution is -2.53. The first-order valence-electron chi connectivity index (χ1n) is 6.46. The van der Waals surface area contributed by atoms with Gasteiger partial charge in [0, 0.05) is 18.6 Å². The van der Waals surface area contributed by atoms with Gasteiger partial charge in [-0.05, 0) is 39.2 Å². The highest BCUT2D eigenvalue weighted by Gasteiger charge is 2.30. The molecule has 0 aliphatic carbocycles. The van der Waals surface area contributed by atoms with Gasteiger partial charge in [0.15, 0.2) is 0 Å². The summed E-state index contributed by atoms with van der Waals surface area (Å²) in [7, 11) is -3.06. The van der Waals surface area contributed by atoms with Gasteiger partial charge >= 0.3 is 0 Å². The van der Waals surface area contributed by atoms with Crippen molar-refractivity contribution in [3.05, 3.63) is 0 Å². The highest BCUT2D eigenvalue weighted by Crippen LogP contribution is 2.16. The number of nitrogens with zero attached hydrogens (tertiary/aromatic N) is 1. The van der Waals surface area contributed by atoms with E-state index in [9.17, 15) is 8.42 Å². The lowest BCUT2D eigenvalue weighted by Gasteiger charge is -2.35. The standard InChI is InChI=1S/C12H26N2O2S/c1-11(2)6-8-14-10-12(3,4)13-7-5-9-17(14,15)16/h11,13H,5-10H2,1-4H3. The van der Waals surface area contributed by atoms with Gasteiger partial charge in [-0.25, -0.2) is 12.7 Å². The van der Waals surface area contributed by atoms with Gasteiger partial charge in [0.1, 0.15) is 0 Å². The topological polar surface area (TPSA) is 49.4 Å². The molecule has 0 saturated carbocycles. The van der Waals surface area contributed by atoms with Crippen LogP contribution in [0.25, 0.3) is 0 Å². The van der Waals surface area contributed by atoms with E-state index in [-0.39, 0.29) is 11.3 Å². The Morgan fingerprint density at radius 2 is 2.00 bits per heavy atom. The minimum atomic E-state index is -3.06. The van der Waals surface area contributed by atoms with E-state index in [0.717, 1.165) is 13.0 Å². The van der Waals surface area contributed by atoms with Gasteiger partial charge in [-0.15, -0.1) is 0 Å². The van der Waals surface area contributed by atoms with E-state index < -0.39 is 10.0 Å². The van der Waals surface area contributed by atoms with Crippen molar-refractivity contribution in [3.8, 4) is 0 Å². The van der Waals surface area contributed by atoms with Crippen LogP contribution >= 0.6 is 0 Å². The predicted octanol–water partition coefficient (Wildman–Crippen LogP) is 1.44. The summed E-state index contributed by atoms with van der Waals surface area (Å²) in [6.07, 6.45) is 1.62. The Morgan fingerprint density at radius 3 is 2.59 bits per heavy atom. The third-order valence-electron chi connectivity index (χ3n) is 3.10. The van der Waals surface area contributed by atoms with Gasteiger partial charge in [0.2, 0.25) is 10.0 Å². The van der Waals surface area contributed by atoms with Crippen molar-refractivity contribution >= 4 is 10.0 Å². The first kappa shape index (κ1) is 14.9. The van der Waals surface area contributed by atoms with Gasteiger partial charge in [-0.3, -0.25) is 0 Å². The molecule has 4 nitrogen and oxygen atoms in total. The monoisotopic (exact) mass is 262 g/mol. The minimum Gasteiger partial charge on any atom is -0.310 e. The van der Waals surface area contributed by atoms with E-state index in [1.807, 2.05) is 0 Å². The Hall–Kier alpha value is -0.130. The third kappa shape index (κ3) is 4.94. The molecule has 1 fully saturated rings. The smallest absolute Gasteiger partial charge is 0.214 e. The van der Waals surface area contributed by atoms with Crippen molar-refractivity contribution in [2.24, 2.45) is 5.92 Å². The molecule has 0 radical (unpaired) electrons. The van der Waals surface area contributed by atoms with Crippen LogP contribution < -0.4 is 5.32 Å². The second-order valence-electron chi connectivity index (χ2n) is 6.00. The Bertz CT molecular complexity index is 336. The molecule has 0 aromatic carbocycles. The van der Waals surface area contributed by atoms with Crippen LogP contribution in [0.2, 0.25) is 0 Å². The second-order valence-corrected chi connectivity index (χ2v) is 8.08. The van der Waals surface area contributed by atoms with Crippen LogP contribution in [0.1, 0.15) is 40.5 Å². The SMILES string of the molecule is CC(C)CCN1CC(C)(C)NCCCS1(=O)=O. The molecule has 102 valence electrons. The van der Waals surface area contributed by atoms with Crippen LogP contribution in [0.5, 0.6) is 0 Å². The van der Waals surface area contributed by atoms with E-state index >= 15 is 0 Å². The van der Waals surface area contributed by atoms with Crippen LogP contribution in [0.4, 0.5) is 0 Å². The number of sulfonamides is 1. The van der Waals surface area contributed by atoms with Crippen LogP contribution in [0.15, 0.2) is 0 Å². The number of hydrogen-bond donors (Lipinski definition) is 1. The molecule has 0 aromatic rings. The molecule has 0 unspecified atom stereocenters. The Labute approximate surface area is 106 Å². The molecule has 0 aromatic heterocycles. The largest absolute Gasteiger partial charge is 0.310 e. The minimum absolute atomic E-state index is 0.134. The van der Waals surface area contributed by atoms with Crippen molar-refractivity contribution < 1.29 is 8.42 Å². The van der Waals surface area contributed by atoms with E-state index in [2.05, 4.69) is 33.0 Å². The van der Waals surface area contributed by atoms with Gasteiger partial charge in [-0.2, -0.15) is 0 Å². The van der Waals surface area contributed by atoms with E-state index in [1.165, 1.54) is 0 Å². The van der Waals surface area contributed by atoms with Crippen LogP contribution in [0, 0.1) is 5.92 Å². The average Bonchev–Trinajstić information content (AvgIpc) is 2.17. The molecular weight excluding hydrogens is 236 g/mol. The summed E-state index contributed by atoms with van der Waals surface area (Å²) < 4.78 is 26.0. The highest BCUT2D eigenvalue weighted by molar-refractivity contribution is 7.89. The highest BCUT2D eigenvalue weighted by atomic mass is 32.2. The lowest BCUT2D eigenvalue weighted by molar-refractivity contribution is 0.269. The number of rotatable bonds is 3. The zero-order valence-electron chi connectivity index (χ0n) is 11.5. The third-order valence-corrected chi connectivity index (χ3v) is 5.01. The normalized spacial score (nSPS) is 25.5. The molecule has 1 aliphatic rings. The molecular formula is C12H26N2O2S. The fraction of sp³-hybridized carbons (Fsp3) is 1.00. The summed E-state index contributed by atoms with van der Waals surface area (Å²) >= 11 is 0. The van der Waals surface area contributed by atoms with E-state index in [1.54, 1.807) is 4.31 Å². The zero-order valence-corrected chi connectivity index (χ0v) is 12.3. The van der Waals surface area contributed by atoms with Crippen molar-refractivity contribution in [3.63, 3.8) is 0 Å². The molecule has 5 heteroatoms. The van der Waals surface area contributed by atoms with Crippen molar-refractivity contribution in [1.29, 1.82) is 0 Å². The summed E-state index contributed by atoms with van der Waals surface area (Å²) in [5.74, 6) is 0.806. The van der Waals surface area contributed by atoms with Crippen LogP contribution in [0.3, 0.4) is 0 Å². The molecule has 17 heavy (non-hydrogen) atoms. The first-order chi connectivity index (χ1) is 7.73. The maximum absolute atomic E-state index is 12.2. The Balaban J connectivity index is 2.77. The molecule has 0 bridgehead atoms. The maximum Gasteiger partial charge on any atom is 0.214 e. The summed E-state index contributed by atoms with van der Waals surface area (Å²) in [5.41, 5.74) is -0.134. The second kappa shape index (κ2) is 5.67. The van der Waals surface area contributed by atoms with Gasteiger partial charge in [-0.1, -0.05) is 13.8 Å². The molecule has 1 aliphatic heterocycles. The van der Waals surface area contributed by atoms with Gasteiger partial charge in [0.05, 0.1) is 5.75 Å². The van der Waals surface area contributed by atoms with Crippen molar-refractivity contribution in [2.45, 2.75) is 46.1 Å². The average molecular weight is 262 g/mol. The molecule has 0 spiro atoms. The molecule has 1 rings (SSSR count). The molecule has 0 amide bonds. The van der Waals surface area contributed by atoms with Gasteiger partial charge < -0.3 is 5.32 Å². The fourth-order valence-corrected chi connectivity index (χ4v) is 3.70. The molecule has 1 heterocycles. The quantitative estimate of drug-likeness (QED) is 0.837. The summed E-state index contributed by atoms with van der Waals surface area (Å²) in [4.78, 5) is 0. The summed E-state index contributed by atoms with van der Waals surface area (Å²) in [5, 5.41) is 3.41. The Kier molecular flexibility index (Phi) is 4.98. The number of nitrogens with one attached hydrogen (secondary N) is 1. The van der Waals surface area contributed by atoms with Crippen LogP contribution in [-0.4, -0.2) is 43.6 Å². The fourth-order valence-electron chi connectivity index (χ4n) is 2.03. The first-order valence-corrected chi connectivity index (χ1v) is 8.07. The number of hydrogen-bond acceptors (Lipinski definition) is 3. The Morgan fingerprint density at radius 1 is 1.35 bits per heavy atom. The van der Waals surface area contributed by atoms with Gasteiger partial charge in [0.25, 0.3) is 0 Å². The summed E-state index contributed by atoms with van der Waals surface area (Å²) in [6.45, 7) is 10.4. The molecule has 1 saturated heterocycles. The van der Waals surface area contributed by atoms with E-state index in [0.29, 0.717) is 25.4 Å². The van der Waals surface area contributed by atoms with Crippen LogP contribution in [-0.2, 0) is 10.0 Å².